The number of thiocarbonyl (C=S) groups is 1. The second kappa shape index (κ2) is 11.0. The normalized spacial score (nSPS) is 17.4. The average molecular weight is 529 g/mol. The summed E-state index contributed by atoms with van der Waals surface area (Å²) in [5, 5.41) is 10.3. The van der Waals surface area contributed by atoms with Crippen LogP contribution in [0.15, 0.2) is 34.0 Å². The first-order valence-electron chi connectivity index (χ1n) is 11.4. The Morgan fingerprint density at radius 3 is 2.63 bits per heavy atom. The van der Waals surface area contributed by atoms with Crippen LogP contribution in [0, 0.1) is 18.3 Å². The Morgan fingerprint density at radius 1 is 1.26 bits per heavy atom. The first kappa shape index (κ1) is 25.5. The lowest BCUT2D eigenvalue weighted by atomic mass is 10.0. The van der Waals surface area contributed by atoms with Crippen molar-refractivity contribution in [1.29, 1.82) is 5.26 Å². The molecule has 2 saturated heterocycles. The van der Waals surface area contributed by atoms with Crippen LogP contribution < -0.4 is 10.5 Å². The lowest BCUT2D eigenvalue weighted by molar-refractivity contribution is -0.122. The maximum Gasteiger partial charge on any atom is 0.270 e. The van der Waals surface area contributed by atoms with Crippen molar-refractivity contribution in [3.8, 4) is 6.07 Å². The second-order valence-corrected chi connectivity index (χ2v) is 10.3. The van der Waals surface area contributed by atoms with Crippen molar-refractivity contribution < 1.29 is 9.53 Å². The lowest BCUT2D eigenvalue weighted by Gasteiger charge is -2.33. The zero-order valence-electron chi connectivity index (χ0n) is 19.5. The SMILES string of the molecule is CCCn1c(N2CCOCC2)c(/C=C2/SC(=S)N(Cc3ccccc3Cl)C2=O)c(C)c(C#N)c1=O. The van der Waals surface area contributed by atoms with Crippen LogP contribution in [0.2, 0.25) is 5.02 Å². The number of aromatic nitrogens is 1. The highest BCUT2D eigenvalue weighted by atomic mass is 35.5. The predicted octanol–water partition coefficient (Wildman–Crippen LogP) is 4.33. The first-order chi connectivity index (χ1) is 16.9. The van der Waals surface area contributed by atoms with E-state index in [1.54, 1.807) is 23.6 Å². The number of morpholine rings is 1. The highest BCUT2D eigenvalue weighted by Crippen LogP contribution is 2.37. The van der Waals surface area contributed by atoms with E-state index in [2.05, 4.69) is 11.0 Å². The fourth-order valence-electron chi connectivity index (χ4n) is 4.26. The molecule has 1 aromatic carbocycles. The van der Waals surface area contributed by atoms with E-state index >= 15 is 0 Å². The number of hydrogen-bond acceptors (Lipinski definition) is 7. The third-order valence-electron chi connectivity index (χ3n) is 6.04. The number of nitriles is 1. The Labute approximate surface area is 218 Å². The minimum atomic E-state index is -0.309. The molecular formula is C25H25ClN4O3S2. The third kappa shape index (κ3) is 5.02. The van der Waals surface area contributed by atoms with Crippen LogP contribution in [-0.2, 0) is 22.6 Å². The highest BCUT2D eigenvalue weighted by Gasteiger charge is 2.34. The minimum absolute atomic E-state index is 0.0910. The van der Waals surface area contributed by atoms with E-state index in [1.165, 1.54) is 16.7 Å². The summed E-state index contributed by atoms with van der Waals surface area (Å²) in [6, 6.07) is 9.43. The molecule has 35 heavy (non-hydrogen) atoms. The van der Waals surface area contributed by atoms with Gasteiger partial charge in [-0.3, -0.25) is 19.1 Å². The molecule has 0 aliphatic carbocycles. The van der Waals surface area contributed by atoms with Crippen LogP contribution in [0.4, 0.5) is 5.82 Å². The number of rotatable bonds is 6. The van der Waals surface area contributed by atoms with Crippen molar-refractivity contribution in [2.75, 3.05) is 31.2 Å². The Balaban J connectivity index is 1.82. The van der Waals surface area contributed by atoms with E-state index in [1.807, 2.05) is 25.1 Å². The van der Waals surface area contributed by atoms with Crippen LogP contribution >= 0.6 is 35.6 Å². The van der Waals surface area contributed by atoms with Gasteiger partial charge in [0, 0.05) is 30.2 Å². The molecule has 2 aliphatic rings. The zero-order valence-corrected chi connectivity index (χ0v) is 21.9. The molecule has 0 bridgehead atoms. The van der Waals surface area contributed by atoms with Gasteiger partial charge in [0.05, 0.1) is 24.7 Å². The number of amides is 1. The van der Waals surface area contributed by atoms with E-state index in [9.17, 15) is 14.9 Å². The topological polar surface area (TPSA) is 78.6 Å². The maximum absolute atomic E-state index is 13.4. The van der Waals surface area contributed by atoms with Gasteiger partial charge >= 0.3 is 0 Å². The van der Waals surface area contributed by atoms with Gasteiger partial charge in [0.25, 0.3) is 11.5 Å². The smallest absolute Gasteiger partial charge is 0.270 e. The number of carbonyl (C=O) groups is 1. The number of thioether (sulfide) groups is 1. The molecule has 3 heterocycles. The molecule has 2 aliphatic heterocycles. The predicted molar refractivity (Wildman–Crippen MR) is 144 cm³/mol. The molecule has 2 fully saturated rings. The molecule has 7 nitrogen and oxygen atoms in total. The van der Waals surface area contributed by atoms with Crippen LogP contribution in [0.3, 0.4) is 0 Å². The number of anilines is 1. The monoisotopic (exact) mass is 528 g/mol. The number of hydrogen-bond donors (Lipinski definition) is 0. The highest BCUT2D eigenvalue weighted by molar-refractivity contribution is 8.26. The van der Waals surface area contributed by atoms with E-state index in [4.69, 9.17) is 28.6 Å². The van der Waals surface area contributed by atoms with Gasteiger partial charge in [0.15, 0.2) is 0 Å². The number of pyridine rings is 1. The lowest BCUT2D eigenvalue weighted by Crippen LogP contribution is -2.41. The number of carbonyl (C=O) groups excluding carboxylic acids is 1. The van der Waals surface area contributed by atoms with Crippen molar-refractivity contribution in [2.24, 2.45) is 0 Å². The fraction of sp³-hybridized carbons (Fsp3) is 0.360. The summed E-state index contributed by atoms with van der Waals surface area (Å²) in [5.41, 5.74) is 1.84. The zero-order chi connectivity index (χ0) is 25.1. The minimum Gasteiger partial charge on any atom is -0.378 e. The molecule has 10 heteroatoms. The number of benzene rings is 1. The Kier molecular flexibility index (Phi) is 7.97. The first-order valence-corrected chi connectivity index (χ1v) is 13.0. The Morgan fingerprint density at radius 2 is 1.97 bits per heavy atom. The fourth-order valence-corrected chi connectivity index (χ4v) is 5.69. The molecule has 1 amide bonds. The van der Waals surface area contributed by atoms with Gasteiger partial charge in [-0.25, -0.2) is 0 Å². The van der Waals surface area contributed by atoms with Gasteiger partial charge in [-0.2, -0.15) is 5.26 Å². The molecule has 1 aromatic heterocycles. The van der Waals surface area contributed by atoms with E-state index in [0.717, 1.165) is 12.0 Å². The van der Waals surface area contributed by atoms with Crippen molar-refractivity contribution in [3.63, 3.8) is 0 Å². The quantitative estimate of drug-likeness (QED) is 0.408. The van der Waals surface area contributed by atoms with Crippen molar-refractivity contribution in [2.45, 2.75) is 33.4 Å². The summed E-state index contributed by atoms with van der Waals surface area (Å²) in [5.74, 6) is 0.493. The van der Waals surface area contributed by atoms with Gasteiger partial charge in [-0.1, -0.05) is 60.7 Å². The number of nitrogens with zero attached hydrogens (tertiary/aromatic N) is 4. The van der Waals surface area contributed by atoms with E-state index in [-0.39, 0.29) is 23.6 Å². The van der Waals surface area contributed by atoms with Crippen LogP contribution in [0.1, 0.15) is 35.6 Å². The summed E-state index contributed by atoms with van der Waals surface area (Å²) in [7, 11) is 0. The molecule has 0 N–H and O–H groups in total. The molecule has 0 radical (unpaired) electrons. The maximum atomic E-state index is 13.4. The molecule has 0 unspecified atom stereocenters. The molecule has 0 atom stereocenters. The van der Waals surface area contributed by atoms with Gasteiger partial charge in [0.2, 0.25) is 0 Å². The summed E-state index contributed by atoms with van der Waals surface area (Å²) < 4.78 is 7.62. The number of ether oxygens (including phenoxy) is 1. The molecule has 0 spiro atoms. The van der Waals surface area contributed by atoms with E-state index in [0.29, 0.717) is 64.0 Å². The number of halogens is 1. The van der Waals surface area contributed by atoms with Crippen molar-refractivity contribution in [1.82, 2.24) is 9.47 Å². The summed E-state index contributed by atoms with van der Waals surface area (Å²) in [6.07, 6.45) is 2.50. The third-order valence-corrected chi connectivity index (χ3v) is 7.79. The average Bonchev–Trinajstić information content (AvgIpc) is 3.12. The van der Waals surface area contributed by atoms with Crippen molar-refractivity contribution >= 4 is 57.7 Å². The summed E-state index contributed by atoms with van der Waals surface area (Å²) in [6.45, 7) is 6.80. The molecule has 182 valence electrons. The summed E-state index contributed by atoms with van der Waals surface area (Å²) in [4.78, 5) is 30.7. The molecule has 0 saturated carbocycles. The van der Waals surface area contributed by atoms with Gasteiger partial charge in [-0.15, -0.1) is 0 Å². The van der Waals surface area contributed by atoms with Gasteiger partial charge < -0.3 is 9.64 Å². The molecule has 4 rings (SSSR count). The summed E-state index contributed by atoms with van der Waals surface area (Å²) >= 11 is 13.1. The van der Waals surface area contributed by atoms with Crippen LogP contribution in [-0.4, -0.2) is 46.0 Å². The van der Waals surface area contributed by atoms with Crippen LogP contribution in [0.25, 0.3) is 6.08 Å². The Hall–Kier alpha value is -2.64. The van der Waals surface area contributed by atoms with Crippen molar-refractivity contribution in [3.05, 3.63) is 66.8 Å². The molecular weight excluding hydrogens is 504 g/mol. The Bertz CT molecular complexity index is 1310. The second-order valence-electron chi connectivity index (χ2n) is 8.26. The molecule has 2 aromatic rings. The largest absolute Gasteiger partial charge is 0.378 e. The van der Waals surface area contributed by atoms with Gasteiger partial charge in [-0.05, 0) is 36.6 Å². The van der Waals surface area contributed by atoms with Gasteiger partial charge in [0.1, 0.15) is 21.8 Å². The van der Waals surface area contributed by atoms with E-state index < -0.39 is 0 Å². The van der Waals surface area contributed by atoms with Crippen LogP contribution in [0.5, 0.6) is 0 Å². The standard InChI is InChI=1S/C25H25ClN4O3S2/c1-3-8-29-22(28-9-11-33-12-10-28)18(16(2)19(14-27)23(29)31)13-21-24(32)30(25(34)35-21)15-17-6-4-5-7-20(17)26/h4-7,13H,3,8-12,15H2,1-2H3/b21-13+.